The SMILES string of the molecule is CN1CCCC1Cc1nc(N)no1. The summed E-state index contributed by atoms with van der Waals surface area (Å²) >= 11 is 0. The van der Waals surface area contributed by atoms with E-state index in [1.54, 1.807) is 0 Å². The van der Waals surface area contributed by atoms with E-state index in [0.717, 1.165) is 13.0 Å². The zero-order chi connectivity index (χ0) is 9.26. The number of aromatic nitrogens is 2. The fraction of sp³-hybridized carbons (Fsp3) is 0.750. The largest absolute Gasteiger partial charge is 0.365 e. The Morgan fingerprint density at radius 1 is 1.69 bits per heavy atom. The standard InChI is InChI=1S/C8H14N4O/c1-12-4-2-3-6(12)5-7-10-8(9)11-13-7/h6H,2-5H2,1H3,(H2,9,11). The molecular weight excluding hydrogens is 168 g/mol. The predicted octanol–water partition coefficient (Wildman–Crippen LogP) is 0.288. The fourth-order valence-corrected chi connectivity index (χ4v) is 1.79. The van der Waals surface area contributed by atoms with Crippen LogP contribution >= 0.6 is 0 Å². The van der Waals surface area contributed by atoms with E-state index >= 15 is 0 Å². The molecule has 0 saturated carbocycles. The van der Waals surface area contributed by atoms with Crippen molar-refractivity contribution in [1.29, 1.82) is 0 Å². The van der Waals surface area contributed by atoms with E-state index in [-0.39, 0.29) is 5.95 Å². The second-order valence-electron chi connectivity index (χ2n) is 3.53. The summed E-state index contributed by atoms with van der Waals surface area (Å²) in [5, 5.41) is 3.56. The third-order valence-electron chi connectivity index (χ3n) is 2.57. The van der Waals surface area contributed by atoms with Crippen molar-refractivity contribution in [3.63, 3.8) is 0 Å². The van der Waals surface area contributed by atoms with Crippen LogP contribution in [-0.4, -0.2) is 34.7 Å². The maximum absolute atomic E-state index is 5.36. The van der Waals surface area contributed by atoms with Gasteiger partial charge in [0, 0.05) is 12.5 Å². The van der Waals surface area contributed by atoms with Crippen LogP contribution in [-0.2, 0) is 6.42 Å². The van der Waals surface area contributed by atoms with E-state index in [0.29, 0.717) is 11.9 Å². The number of anilines is 1. The van der Waals surface area contributed by atoms with E-state index in [1.165, 1.54) is 12.8 Å². The number of nitrogens with two attached hydrogens (primary N) is 1. The molecule has 13 heavy (non-hydrogen) atoms. The van der Waals surface area contributed by atoms with E-state index in [9.17, 15) is 0 Å². The molecule has 0 aromatic carbocycles. The molecule has 1 aromatic heterocycles. The lowest BCUT2D eigenvalue weighted by molar-refractivity contribution is 0.279. The van der Waals surface area contributed by atoms with Crippen LogP contribution in [0.25, 0.3) is 0 Å². The van der Waals surface area contributed by atoms with E-state index in [4.69, 9.17) is 10.3 Å². The Morgan fingerprint density at radius 3 is 3.08 bits per heavy atom. The van der Waals surface area contributed by atoms with Gasteiger partial charge < -0.3 is 15.2 Å². The molecular formula is C8H14N4O. The first-order valence-corrected chi connectivity index (χ1v) is 4.54. The molecule has 2 rings (SSSR count). The van der Waals surface area contributed by atoms with Crippen LogP contribution in [0.15, 0.2) is 4.52 Å². The Hall–Kier alpha value is -1.10. The summed E-state index contributed by atoms with van der Waals surface area (Å²) in [6.45, 7) is 1.16. The van der Waals surface area contributed by atoms with Crippen LogP contribution in [0.1, 0.15) is 18.7 Å². The van der Waals surface area contributed by atoms with Crippen molar-refractivity contribution in [1.82, 2.24) is 15.0 Å². The Kier molecular flexibility index (Phi) is 2.18. The van der Waals surface area contributed by atoms with Crippen LogP contribution in [0, 0.1) is 0 Å². The van der Waals surface area contributed by atoms with Gasteiger partial charge in [0.2, 0.25) is 5.89 Å². The van der Waals surface area contributed by atoms with Crippen LogP contribution in [0.4, 0.5) is 5.95 Å². The lowest BCUT2D eigenvalue weighted by atomic mass is 10.1. The minimum absolute atomic E-state index is 0.232. The molecule has 0 amide bonds. The van der Waals surface area contributed by atoms with Gasteiger partial charge in [-0.15, -0.1) is 0 Å². The van der Waals surface area contributed by atoms with Crippen LogP contribution in [0.3, 0.4) is 0 Å². The molecule has 1 saturated heterocycles. The maximum Gasteiger partial charge on any atom is 0.260 e. The number of likely N-dealkylation sites (tertiary alicyclic amines) is 1. The minimum atomic E-state index is 0.232. The second-order valence-corrected chi connectivity index (χ2v) is 3.53. The quantitative estimate of drug-likeness (QED) is 0.712. The summed E-state index contributed by atoms with van der Waals surface area (Å²) in [5.74, 6) is 0.881. The molecule has 5 heteroatoms. The molecule has 1 aliphatic rings. The highest BCUT2D eigenvalue weighted by Gasteiger charge is 2.23. The third-order valence-corrected chi connectivity index (χ3v) is 2.57. The third kappa shape index (κ3) is 1.80. The van der Waals surface area contributed by atoms with Gasteiger partial charge in [-0.3, -0.25) is 0 Å². The number of hydrogen-bond acceptors (Lipinski definition) is 5. The molecule has 1 unspecified atom stereocenters. The first-order chi connectivity index (χ1) is 6.25. The molecule has 2 heterocycles. The summed E-state index contributed by atoms with van der Waals surface area (Å²) in [4.78, 5) is 6.30. The van der Waals surface area contributed by atoms with Crippen molar-refractivity contribution in [2.24, 2.45) is 0 Å². The van der Waals surface area contributed by atoms with Crippen molar-refractivity contribution in [3.05, 3.63) is 5.89 Å². The van der Waals surface area contributed by atoms with Gasteiger partial charge in [-0.25, -0.2) is 0 Å². The fourth-order valence-electron chi connectivity index (χ4n) is 1.79. The molecule has 1 fully saturated rings. The molecule has 1 aliphatic heterocycles. The Labute approximate surface area is 76.9 Å². The number of nitrogens with zero attached hydrogens (tertiary/aromatic N) is 3. The van der Waals surface area contributed by atoms with Gasteiger partial charge in [0.15, 0.2) is 0 Å². The Bertz CT molecular complexity index is 285. The minimum Gasteiger partial charge on any atom is -0.365 e. The molecule has 5 nitrogen and oxygen atoms in total. The van der Waals surface area contributed by atoms with Gasteiger partial charge >= 0.3 is 0 Å². The van der Waals surface area contributed by atoms with Gasteiger partial charge in [0.1, 0.15) is 0 Å². The van der Waals surface area contributed by atoms with Crippen molar-refractivity contribution < 1.29 is 4.52 Å². The zero-order valence-electron chi connectivity index (χ0n) is 7.73. The van der Waals surface area contributed by atoms with Crippen LogP contribution in [0.5, 0.6) is 0 Å². The summed E-state index contributed by atoms with van der Waals surface area (Å²) < 4.78 is 4.96. The molecule has 0 bridgehead atoms. The van der Waals surface area contributed by atoms with Crippen molar-refractivity contribution in [3.8, 4) is 0 Å². The van der Waals surface area contributed by atoms with Crippen LogP contribution < -0.4 is 5.73 Å². The maximum atomic E-state index is 5.36. The normalized spacial score (nSPS) is 23.9. The van der Waals surface area contributed by atoms with Crippen molar-refractivity contribution in [2.75, 3.05) is 19.3 Å². The molecule has 0 aliphatic carbocycles. The first-order valence-electron chi connectivity index (χ1n) is 4.54. The van der Waals surface area contributed by atoms with E-state index < -0.39 is 0 Å². The number of rotatable bonds is 2. The van der Waals surface area contributed by atoms with Gasteiger partial charge in [0.25, 0.3) is 5.95 Å². The van der Waals surface area contributed by atoms with Gasteiger partial charge in [-0.2, -0.15) is 4.98 Å². The van der Waals surface area contributed by atoms with E-state index in [2.05, 4.69) is 22.1 Å². The van der Waals surface area contributed by atoms with Gasteiger partial charge in [0.05, 0.1) is 0 Å². The van der Waals surface area contributed by atoms with Crippen molar-refractivity contribution >= 4 is 5.95 Å². The summed E-state index contributed by atoms with van der Waals surface area (Å²) in [6, 6.07) is 0.542. The molecule has 0 spiro atoms. The highest BCUT2D eigenvalue weighted by atomic mass is 16.5. The topological polar surface area (TPSA) is 68.2 Å². The molecule has 72 valence electrons. The molecule has 2 N–H and O–H groups in total. The van der Waals surface area contributed by atoms with E-state index in [1.807, 2.05) is 0 Å². The van der Waals surface area contributed by atoms with Gasteiger partial charge in [-0.05, 0) is 31.6 Å². The Morgan fingerprint density at radius 2 is 2.54 bits per heavy atom. The zero-order valence-corrected chi connectivity index (χ0v) is 7.73. The average molecular weight is 182 g/mol. The number of nitrogen functional groups attached to an aromatic ring is 1. The number of hydrogen-bond donors (Lipinski definition) is 1. The summed E-state index contributed by atoms with van der Waals surface area (Å²) in [5.41, 5.74) is 5.36. The smallest absolute Gasteiger partial charge is 0.260 e. The average Bonchev–Trinajstić information content (AvgIpc) is 2.64. The highest BCUT2D eigenvalue weighted by molar-refractivity contribution is 5.10. The van der Waals surface area contributed by atoms with Crippen LogP contribution in [0.2, 0.25) is 0 Å². The molecule has 0 radical (unpaired) electrons. The summed E-state index contributed by atoms with van der Waals surface area (Å²) in [6.07, 6.45) is 3.28. The monoisotopic (exact) mass is 182 g/mol. The lowest BCUT2D eigenvalue weighted by Gasteiger charge is -2.16. The van der Waals surface area contributed by atoms with Crippen molar-refractivity contribution in [2.45, 2.75) is 25.3 Å². The predicted molar refractivity (Wildman–Crippen MR) is 48.1 cm³/mol. The molecule has 1 aromatic rings. The summed E-state index contributed by atoms with van der Waals surface area (Å²) in [7, 11) is 2.12. The second kappa shape index (κ2) is 3.33. The lowest BCUT2D eigenvalue weighted by Crippen LogP contribution is -2.26. The van der Waals surface area contributed by atoms with Gasteiger partial charge in [-0.1, -0.05) is 0 Å². The molecule has 1 atom stereocenters. The highest BCUT2D eigenvalue weighted by Crippen LogP contribution is 2.18. The Balaban J connectivity index is 1.97. The first kappa shape index (κ1) is 8.50. The number of likely N-dealkylation sites (N-methyl/N-ethyl adjacent to an activating group) is 1.